The van der Waals surface area contributed by atoms with Crippen molar-refractivity contribution in [2.24, 2.45) is 0 Å². The first-order chi connectivity index (χ1) is 14.6. The number of nitrogens with zero attached hydrogens (tertiary/aromatic N) is 4. The zero-order valence-electron chi connectivity index (χ0n) is 16.9. The van der Waals surface area contributed by atoms with Crippen molar-refractivity contribution in [3.05, 3.63) is 95.8 Å². The van der Waals surface area contributed by atoms with E-state index in [-0.39, 0.29) is 11.0 Å². The molecule has 30 heavy (non-hydrogen) atoms. The van der Waals surface area contributed by atoms with E-state index in [1.807, 2.05) is 68.4 Å². The van der Waals surface area contributed by atoms with Crippen LogP contribution < -0.4 is 0 Å². The number of aromatic nitrogens is 4. The monoisotopic (exact) mass is 414 g/mol. The number of carbonyl (C=O) groups excluding carboxylic acids is 1. The third-order valence-corrected chi connectivity index (χ3v) is 5.89. The molecule has 150 valence electrons. The molecule has 6 heteroatoms. The van der Waals surface area contributed by atoms with Crippen molar-refractivity contribution in [3.8, 4) is 11.4 Å². The van der Waals surface area contributed by atoms with Crippen LogP contribution in [0, 0.1) is 6.92 Å². The Morgan fingerprint density at radius 2 is 1.77 bits per heavy atom. The third kappa shape index (κ3) is 4.49. The molecule has 0 unspecified atom stereocenters. The smallest absolute Gasteiger partial charge is 0.192 e. The molecular weight excluding hydrogens is 392 g/mol. The predicted molar refractivity (Wildman–Crippen MR) is 120 cm³/mol. The summed E-state index contributed by atoms with van der Waals surface area (Å²) >= 11 is 1.43. The average molecular weight is 415 g/mol. The Balaban J connectivity index is 1.64. The summed E-state index contributed by atoms with van der Waals surface area (Å²) in [4.78, 5) is 17.1. The standard InChI is InChI=1S/C24H22N4OS/c1-17-10-12-20(13-11-17)22(29)18(2)30-24-27-26-23(21-9-6-14-25-15-21)28(24)16-19-7-4-3-5-8-19/h3-15,18H,16H2,1-2H3/t18-/m0/s1. The van der Waals surface area contributed by atoms with E-state index in [2.05, 4.69) is 31.9 Å². The Morgan fingerprint density at radius 3 is 2.47 bits per heavy atom. The van der Waals surface area contributed by atoms with Crippen LogP contribution in [0.1, 0.15) is 28.4 Å². The molecule has 0 saturated carbocycles. The minimum Gasteiger partial charge on any atom is -0.297 e. The summed E-state index contributed by atoms with van der Waals surface area (Å²) in [6.07, 6.45) is 3.51. The summed E-state index contributed by atoms with van der Waals surface area (Å²) in [5, 5.41) is 9.26. The van der Waals surface area contributed by atoms with Crippen molar-refractivity contribution in [1.29, 1.82) is 0 Å². The first-order valence-corrected chi connectivity index (χ1v) is 10.6. The quantitative estimate of drug-likeness (QED) is 0.312. The highest BCUT2D eigenvalue weighted by molar-refractivity contribution is 8.00. The van der Waals surface area contributed by atoms with Gasteiger partial charge in [-0.1, -0.05) is 71.9 Å². The molecular formula is C24H22N4OS. The second-order valence-corrected chi connectivity index (χ2v) is 8.42. The second-order valence-electron chi connectivity index (χ2n) is 7.11. The number of pyridine rings is 1. The van der Waals surface area contributed by atoms with E-state index in [1.54, 1.807) is 12.4 Å². The van der Waals surface area contributed by atoms with Gasteiger partial charge in [0.25, 0.3) is 0 Å². The first kappa shape index (κ1) is 20.0. The highest BCUT2D eigenvalue weighted by atomic mass is 32.2. The Bertz CT molecular complexity index is 1130. The lowest BCUT2D eigenvalue weighted by molar-refractivity contribution is 0.0994. The summed E-state index contributed by atoms with van der Waals surface area (Å²) in [6.45, 7) is 4.54. The molecule has 2 aromatic carbocycles. The number of hydrogen-bond acceptors (Lipinski definition) is 5. The van der Waals surface area contributed by atoms with Gasteiger partial charge in [-0.3, -0.25) is 14.3 Å². The fourth-order valence-electron chi connectivity index (χ4n) is 3.16. The largest absolute Gasteiger partial charge is 0.297 e. The maximum absolute atomic E-state index is 12.9. The van der Waals surface area contributed by atoms with Crippen LogP contribution in [-0.2, 0) is 6.54 Å². The van der Waals surface area contributed by atoms with Gasteiger partial charge in [0.15, 0.2) is 16.8 Å². The second kappa shape index (κ2) is 9.05. The number of aryl methyl sites for hydroxylation is 1. The predicted octanol–water partition coefficient (Wildman–Crippen LogP) is 5.06. The van der Waals surface area contributed by atoms with E-state index in [9.17, 15) is 4.79 Å². The summed E-state index contributed by atoms with van der Waals surface area (Å²) in [5.74, 6) is 0.821. The molecule has 0 aliphatic rings. The molecule has 0 aliphatic carbocycles. The maximum Gasteiger partial charge on any atom is 0.192 e. The number of rotatable bonds is 7. The summed E-state index contributed by atoms with van der Waals surface area (Å²) in [7, 11) is 0. The lowest BCUT2D eigenvalue weighted by Gasteiger charge is -2.13. The zero-order valence-corrected chi connectivity index (χ0v) is 17.7. The Hall–Kier alpha value is -3.25. The highest BCUT2D eigenvalue weighted by Crippen LogP contribution is 2.29. The molecule has 0 N–H and O–H groups in total. The van der Waals surface area contributed by atoms with Crippen LogP contribution in [0.25, 0.3) is 11.4 Å². The average Bonchev–Trinajstić information content (AvgIpc) is 3.17. The summed E-state index contributed by atoms with van der Waals surface area (Å²) < 4.78 is 2.05. The van der Waals surface area contributed by atoms with Crippen molar-refractivity contribution in [1.82, 2.24) is 19.7 Å². The van der Waals surface area contributed by atoms with Gasteiger partial charge in [0, 0.05) is 23.5 Å². The van der Waals surface area contributed by atoms with Gasteiger partial charge >= 0.3 is 0 Å². The van der Waals surface area contributed by atoms with E-state index >= 15 is 0 Å². The number of hydrogen-bond donors (Lipinski definition) is 0. The van der Waals surface area contributed by atoms with E-state index in [0.29, 0.717) is 17.3 Å². The van der Waals surface area contributed by atoms with Crippen molar-refractivity contribution < 1.29 is 4.79 Å². The minimum atomic E-state index is -0.284. The topological polar surface area (TPSA) is 60.7 Å². The molecule has 2 aromatic heterocycles. The van der Waals surface area contributed by atoms with Gasteiger partial charge in [-0.15, -0.1) is 10.2 Å². The fourth-order valence-corrected chi connectivity index (χ4v) is 4.08. The van der Waals surface area contributed by atoms with E-state index < -0.39 is 0 Å². The number of thioether (sulfide) groups is 1. The van der Waals surface area contributed by atoms with E-state index in [4.69, 9.17) is 0 Å². The van der Waals surface area contributed by atoms with Crippen LogP contribution >= 0.6 is 11.8 Å². The van der Waals surface area contributed by atoms with E-state index in [0.717, 1.165) is 22.5 Å². The molecule has 1 atom stereocenters. The molecule has 0 saturated heterocycles. The van der Waals surface area contributed by atoms with Gasteiger partial charge in [0.1, 0.15) is 0 Å². The third-order valence-electron chi connectivity index (χ3n) is 4.81. The van der Waals surface area contributed by atoms with Gasteiger partial charge in [-0.05, 0) is 31.5 Å². The van der Waals surface area contributed by atoms with Crippen molar-refractivity contribution in [2.45, 2.75) is 30.8 Å². The molecule has 0 radical (unpaired) electrons. The van der Waals surface area contributed by atoms with Crippen LogP contribution in [-0.4, -0.2) is 30.8 Å². The molecule has 2 heterocycles. The molecule has 4 rings (SSSR count). The lowest BCUT2D eigenvalue weighted by Crippen LogP contribution is -2.15. The van der Waals surface area contributed by atoms with Gasteiger partial charge in [0.05, 0.1) is 11.8 Å². The normalized spacial score (nSPS) is 11.9. The Kier molecular flexibility index (Phi) is 6.05. The van der Waals surface area contributed by atoms with Crippen molar-refractivity contribution >= 4 is 17.5 Å². The molecule has 0 spiro atoms. The van der Waals surface area contributed by atoms with Crippen LogP contribution in [0.2, 0.25) is 0 Å². The van der Waals surface area contributed by atoms with Gasteiger partial charge in [0.2, 0.25) is 0 Å². The van der Waals surface area contributed by atoms with Crippen LogP contribution in [0.15, 0.2) is 84.3 Å². The van der Waals surface area contributed by atoms with Crippen molar-refractivity contribution in [3.63, 3.8) is 0 Å². The SMILES string of the molecule is Cc1ccc(C(=O)[C@H](C)Sc2nnc(-c3cccnc3)n2Cc2ccccc2)cc1. The first-order valence-electron chi connectivity index (χ1n) is 9.77. The zero-order chi connectivity index (χ0) is 20.9. The van der Waals surface area contributed by atoms with Gasteiger partial charge in [-0.2, -0.15) is 0 Å². The number of ketones is 1. The fraction of sp³-hybridized carbons (Fsp3) is 0.167. The number of Topliss-reactive ketones (excluding diaryl/α,β-unsaturated/α-hetero) is 1. The minimum absolute atomic E-state index is 0.0807. The highest BCUT2D eigenvalue weighted by Gasteiger charge is 2.22. The molecule has 0 aliphatic heterocycles. The summed E-state index contributed by atoms with van der Waals surface area (Å²) in [5.41, 5.74) is 3.88. The van der Waals surface area contributed by atoms with Crippen LogP contribution in [0.5, 0.6) is 0 Å². The van der Waals surface area contributed by atoms with E-state index in [1.165, 1.54) is 11.8 Å². The number of benzene rings is 2. The Labute approximate surface area is 180 Å². The van der Waals surface area contributed by atoms with Crippen LogP contribution in [0.3, 0.4) is 0 Å². The van der Waals surface area contributed by atoms with Gasteiger partial charge in [-0.25, -0.2) is 0 Å². The molecule has 4 aromatic rings. The Morgan fingerprint density at radius 1 is 1.00 bits per heavy atom. The maximum atomic E-state index is 12.9. The van der Waals surface area contributed by atoms with Crippen LogP contribution in [0.4, 0.5) is 0 Å². The molecule has 0 bridgehead atoms. The molecule has 5 nitrogen and oxygen atoms in total. The summed E-state index contributed by atoms with van der Waals surface area (Å²) in [6, 6.07) is 21.7. The molecule has 0 fully saturated rings. The van der Waals surface area contributed by atoms with Gasteiger partial charge < -0.3 is 0 Å². The molecule has 0 amide bonds. The van der Waals surface area contributed by atoms with Crippen molar-refractivity contribution in [2.75, 3.05) is 0 Å². The number of carbonyl (C=O) groups is 1. The lowest BCUT2D eigenvalue weighted by atomic mass is 10.1.